The average molecular weight is 360 g/mol. The molecule has 1 aromatic carbocycles. The van der Waals surface area contributed by atoms with Crippen molar-refractivity contribution in [1.29, 1.82) is 0 Å². The summed E-state index contributed by atoms with van der Waals surface area (Å²) in [6.45, 7) is 2.34. The summed E-state index contributed by atoms with van der Waals surface area (Å²) in [6, 6.07) is 6.01. The second-order valence-electron chi connectivity index (χ2n) is 5.48. The number of fused-ring (bicyclic) bond motifs is 1. The molecule has 0 fully saturated rings. The van der Waals surface area contributed by atoms with Gasteiger partial charge in [0.15, 0.2) is 5.82 Å². The van der Waals surface area contributed by atoms with E-state index in [-0.39, 0.29) is 29.5 Å². The maximum Gasteiger partial charge on any atom is 0.449 e. The van der Waals surface area contributed by atoms with Crippen LogP contribution in [0.3, 0.4) is 0 Å². The lowest BCUT2D eigenvalue weighted by Gasteiger charge is -2.19. The van der Waals surface area contributed by atoms with Crippen LogP contribution in [-0.2, 0) is 29.3 Å². The van der Waals surface area contributed by atoms with Gasteiger partial charge in [0.1, 0.15) is 0 Å². The van der Waals surface area contributed by atoms with E-state index < -0.39 is 22.0 Å². The lowest BCUT2D eigenvalue weighted by Crippen LogP contribution is -2.30. The van der Waals surface area contributed by atoms with Gasteiger partial charge in [0.2, 0.25) is 5.82 Å². The van der Waals surface area contributed by atoms with Crippen LogP contribution in [0.1, 0.15) is 17.1 Å². The lowest BCUT2D eigenvalue weighted by atomic mass is 10.2. The second kappa shape index (κ2) is 5.78. The van der Waals surface area contributed by atoms with Gasteiger partial charge in [-0.1, -0.05) is 17.7 Å². The number of sulfonamides is 1. The Morgan fingerprint density at radius 2 is 1.92 bits per heavy atom. The van der Waals surface area contributed by atoms with Crippen LogP contribution >= 0.6 is 0 Å². The van der Waals surface area contributed by atoms with E-state index in [2.05, 4.69) is 15.0 Å². The van der Waals surface area contributed by atoms with Crippen molar-refractivity contribution in [3.05, 3.63) is 41.3 Å². The Balaban J connectivity index is 2.01. The molecule has 0 radical (unpaired) electrons. The van der Waals surface area contributed by atoms with E-state index in [9.17, 15) is 21.6 Å². The minimum absolute atomic E-state index is 0.0350. The summed E-state index contributed by atoms with van der Waals surface area (Å²) in [5, 5.41) is 2.92. The fraction of sp³-hybridized carbons (Fsp3) is 0.357. The molecule has 0 amide bonds. The van der Waals surface area contributed by atoms with Gasteiger partial charge in [0.25, 0.3) is 10.0 Å². The molecule has 3 rings (SSSR count). The predicted octanol–water partition coefficient (Wildman–Crippen LogP) is 2.11. The van der Waals surface area contributed by atoms with Crippen molar-refractivity contribution in [3.8, 4) is 0 Å². The molecule has 0 bridgehead atoms. The third kappa shape index (κ3) is 3.11. The summed E-state index contributed by atoms with van der Waals surface area (Å²) in [4.78, 5) is 3.46. The van der Waals surface area contributed by atoms with Crippen molar-refractivity contribution in [2.45, 2.75) is 31.1 Å². The molecular weight excluding hydrogens is 345 g/mol. The standard InChI is InChI=1S/C14H15F3N4O2S/c1-9-2-4-10(5-3-9)24(22,23)20-12-11-8-18-6-7-21(11)13(19-12)14(15,16)17/h2-5,18,20H,6-8H2,1H3. The number of hydrogen-bond donors (Lipinski definition) is 2. The van der Waals surface area contributed by atoms with Gasteiger partial charge in [0.05, 0.1) is 10.6 Å². The van der Waals surface area contributed by atoms with Crippen molar-refractivity contribution in [1.82, 2.24) is 14.9 Å². The van der Waals surface area contributed by atoms with Crippen molar-refractivity contribution >= 4 is 15.8 Å². The number of nitrogens with zero attached hydrogens (tertiary/aromatic N) is 2. The molecule has 2 aromatic rings. The van der Waals surface area contributed by atoms with Gasteiger partial charge < -0.3 is 9.88 Å². The van der Waals surface area contributed by atoms with Crippen LogP contribution in [0.2, 0.25) is 0 Å². The second-order valence-corrected chi connectivity index (χ2v) is 7.16. The number of benzene rings is 1. The van der Waals surface area contributed by atoms with Gasteiger partial charge in [-0.15, -0.1) is 0 Å². The van der Waals surface area contributed by atoms with E-state index in [0.29, 0.717) is 6.54 Å². The van der Waals surface area contributed by atoms with Gasteiger partial charge in [-0.25, -0.2) is 13.4 Å². The van der Waals surface area contributed by atoms with E-state index in [1.807, 2.05) is 0 Å². The number of imidazole rings is 1. The summed E-state index contributed by atoms with van der Waals surface area (Å²) in [5.74, 6) is -1.39. The maximum atomic E-state index is 13.1. The van der Waals surface area contributed by atoms with Crippen LogP contribution < -0.4 is 10.0 Å². The Hall–Kier alpha value is -2.07. The van der Waals surface area contributed by atoms with Gasteiger partial charge in [0, 0.05) is 19.6 Å². The monoisotopic (exact) mass is 360 g/mol. The zero-order valence-corrected chi connectivity index (χ0v) is 13.5. The van der Waals surface area contributed by atoms with E-state index >= 15 is 0 Å². The number of rotatable bonds is 3. The predicted molar refractivity (Wildman–Crippen MR) is 80.9 cm³/mol. The molecule has 1 aliphatic heterocycles. The number of aromatic nitrogens is 2. The average Bonchev–Trinajstić information content (AvgIpc) is 2.86. The first-order valence-corrected chi connectivity index (χ1v) is 8.63. The van der Waals surface area contributed by atoms with Gasteiger partial charge >= 0.3 is 6.18 Å². The molecule has 10 heteroatoms. The molecule has 130 valence electrons. The number of halogens is 3. The zero-order chi connectivity index (χ0) is 17.5. The van der Waals surface area contributed by atoms with Crippen LogP contribution in [0.15, 0.2) is 29.2 Å². The normalized spacial score (nSPS) is 15.2. The third-order valence-electron chi connectivity index (χ3n) is 3.69. The first-order chi connectivity index (χ1) is 11.2. The Kier molecular flexibility index (Phi) is 4.04. The van der Waals surface area contributed by atoms with E-state index in [1.165, 1.54) is 12.1 Å². The molecule has 0 saturated heterocycles. The highest BCUT2D eigenvalue weighted by Gasteiger charge is 2.40. The topological polar surface area (TPSA) is 76.0 Å². The van der Waals surface area contributed by atoms with Crippen molar-refractivity contribution < 1.29 is 21.6 Å². The molecule has 6 nitrogen and oxygen atoms in total. The number of nitrogens with one attached hydrogen (secondary N) is 2. The molecule has 24 heavy (non-hydrogen) atoms. The highest BCUT2D eigenvalue weighted by atomic mass is 32.2. The maximum absolute atomic E-state index is 13.1. The highest BCUT2D eigenvalue weighted by Crippen LogP contribution is 2.33. The Morgan fingerprint density at radius 3 is 2.54 bits per heavy atom. The van der Waals surface area contributed by atoms with Crippen molar-refractivity contribution in [2.75, 3.05) is 11.3 Å². The SMILES string of the molecule is Cc1ccc(S(=O)(=O)Nc2nc(C(F)(F)F)n3c2CNCC3)cc1. The van der Waals surface area contributed by atoms with Gasteiger partial charge in [-0.3, -0.25) is 4.72 Å². The van der Waals surface area contributed by atoms with E-state index in [4.69, 9.17) is 0 Å². The van der Waals surface area contributed by atoms with Crippen LogP contribution in [0.4, 0.5) is 19.0 Å². The minimum Gasteiger partial charge on any atom is -0.320 e. The fourth-order valence-electron chi connectivity index (χ4n) is 2.51. The van der Waals surface area contributed by atoms with E-state index in [0.717, 1.165) is 10.1 Å². The quantitative estimate of drug-likeness (QED) is 0.879. The molecule has 2 N–H and O–H groups in total. The van der Waals surface area contributed by atoms with Crippen LogP contribution in [0.25, 0.3) is 0 Å². The first kappa shape index (κ1) is 16.8. The Bertz CT molecular complexity index is 857. The molecule has 0 saturated carbocycles. The number of aryl methyl sites for hydroxylation is 1. The third-order valence-corrected chi connectivity index (χ3v) is 5.05. The Labute approximate surface area is 136 Å². The summed E-state index contributed by atoms with van der Waals surface area (Å²) in [6.07, 6.45) is -4.65. The van der Waals surface area contributed by atoms with Crippen molar-refractivity contribution in [3.63, 3.8) is 0 Å². The lowest BCUT2D eigenvalue weighted by molar-refractivity contribution is -0.147. The number of anilines is 1. The molecular formula is C14H15F3N4O2S. The minimum atomic E-state index is -4.65. The number of alkyl halides is 3. The molecule has 0 aliphatic carbocycles. The number of hydrogen-bond acceptors (Lipinski definition) is 4. The van der Waals surface area contributed by atoms with Crippen molar-refractivity contribution in [2.24, 2.45) is 0 Å². The largest absolute Gasteiger partial charge is 0.449 e. The molecule has 2 heterocycles. The Morgan fingerprint density at radius 1 is 1.25 bits per heavy atom. The summed E-state index contributed by atoms with van der Waals surface area (Å²) >= 11 is 0. The van der Waals surface area contributed by atoms with Gasteiger partial charge in [-0.05, 0) is 19.1 Å². The molecule has 1 aromatic heterocycles. The zero-order valence-electron chi connectivity index (χ0n) is 12.7. The molecule has 0 unspecified atom stereocenters. The first-order valence-electron chi connectivity index (χ1n) is 7.15. The summed E-state index contributed by atoms with van der Waals surface area (Å²) in [5.41, 5.74) is 1.04. The fourth-order valence-corrected chi connectivity index (χ4v) is 3.54. The summed E-state index contributed by atoms with van der Waals surface area (Å²) in [7, 11) is -4.02. The highest BCUT2D eigenvalue weighted by molar-refractivity contribution is 7.92. The molecule has 0 atom stereocenters. The molecule has 0 spiro atoms. The summed E-state index contributed by atoms with van der Waals surface area (Å²) < 4.78 is 67.3. The van der Waals surface area contributed by atoms with Crippen LogP contribution in [-0.4, -0.2) is 24.5 Å². The van der Waals surface area contributed by atoms with Crippen LogP contribution in [0, 0.1) is 6.92 Å². The molecule has 1 aliphatic rings. The smallest absolute Gasteiger partial charge is 0.320 e. The van der Waals surface area contributed by atoms with Gasteiger partial charge in [-0.2, -0.15) is 13.2 Å². The van der Waals surface area contributed by atoms with Crippen LogP contribution in [0.5, 0.6) is 0 Å². The van der Waals surface area contributed by atoms with E-state index in [1.54, 1.807) is 19.1 Å².